The Morgan fingerprint density at radius 3 is 2.65 bits per heavy atom. The van der Waals surface area contributed by atoms with Crippen LogP contribution >= 0.6 is 23.2 Å². The summed E-state index contributed by atoms with van der Waals surface area (Å²) in [6, 6.07) is 15.4. The van der Waals surface area contributed by atoms with E-state index < -0.39 is 0 Å². The molecule has 23 heavy (non-hydrogen) atoms. The fourth-order valence-corrected chi connectivity index (χ4v) is 2.90. The fourth-order valence-electron chi connectivity index (χ4n) is 2.32. The van der Waals surface area contributed by atoms with Crippen molar-refractivity contribution in [3.8, 4) is 11.4 Å². The molecule has 0 radical (unpaired) electrons. The lowest BCUT2D eigenvalue weighted by Crippen LogP contribution is -2.83. The maximum Gasteiger partial charge on any atom is 0.282 e. The number of hydrogen-bond donors (Lipinski definition) is 1. The molecule has 0 aliphatic heterocycles. The molecule has 2 N–H and O–H groups in total. The van der Waals surface area contributed by atoms with Crippen LogP contribution in [0.5, 0.6) is 0 Å². The summed E-state index contributed by atoms with van der Waals surface area (Å²) < 4.78 is 5.31. The molecule has 1 atom stereocenters. The number of nitrogens with zero attached hydrogens (tertiary/aromatic N) is 2. The molecule has 3 aromatic rings. The van der Waals surface area contributed by atoms with Gasteiger partial charge in [-0.3, -0.25) is 0 Å². The summed E-state index contributed by atoms with van der Waals surface area (Å²) >= 11 is 12.2. The Balaban J connectivity index is 1.65. The highest BCUT2D eigenvalue weighted by Gasteiger charge is 2.15. The quantitative estimate of drug-likeness (QED) is 0.761. The summed E-state index contributed by atoms with van der Waals surface area (Å²) in [5.74, 6) is 1.19. The lowest BCUT2D eigenvalue weighted by atomic mass is 10.1. The van der Waals surface area contributed by atoms with E-state index in [1.165, 1.54) is 0 Å². The van der Waals surface area contributed by atoms with Crippen LogP contribution in [0.15, 0.2) is 53.1 Å². The molecule has 0 bridgehead atoms. The molecular formula is C17H16Cl2N3O+. The number of benzene rings is 2. The summed E-state index contributed by atoms with van der Waals surface area (Å²) in [5.41, 5.74) is 1.97. The second-order valence-electron chi connectivity index (χ2n) is 5.27. The molecule has 0 aliphatic rings. The highest BCUT2D eigenvalue weighted by Crippen LogP contribution is 2.24. The molecule has 0 saturated heterocycles. The minimum Gasteiger partial charge on any atom is -0.333 e. The van der Waals surface area contributed by atoms with E-state index in [0.717, 1.165) is 11.1 Å². The SMILES string of the molecule is C[C@H]([NH2+]Cc1nc(-c2ccccc2)no1)c1ccc(Cl)cc1Cl. The zero-order chi connectivity index (χ0) is 16.2. The second kappa shape index (κ2) is 7.13. The largest absolute Gasteiger partial charge is 0.333 e. The first-order chi connectivity index (χ1) is 11.1. The highest BCUT2D eigenvalue weighted by molar-refractivity contribution is 6.35. The molecule has 1 aromatic heterocycles. The third kappa shape index (κ3) is 3.91. The summed E-state index contributed by atoms with van der Waals surface area (Å²) in [5, 5.41) is 7.41. The number of aromatic nitrogens is 2. The van der Waals surface area contributed by atoms with E-state index in [0.29, 0.717) is 28.3 Å². The van der Waals surface area contributed by atoms with Crippen molar-refractivity contribution in [2.75, 3.05) is 0 Å². The van der Waals surface area contributed by atoms with E-state index in [2.05, 4.69) is 22.4 Å². The van der Waals surface area contributed by atoms with E-state index in [-0.39, 0.29) is 6.04 Å². The molecule has 6 heteroatoms. The zero-order valence-corrected chi connectivity index (χ0v) is 14.1. The van der Waals surface area contributed by atoms with Gasteiger partial charge < -0.3 is 9.84 Å². The molecule has 4 nitrogen and oxygen atoms in total. The van der Waals surface area contributed by atoms with E-state index in [4.69, 9.17) is 27.7 Å². The first-order valence-electron chi connectivity index (χ1n) is 7.30. The number of halogens is 2. The molecule has 2 aromatic carbocycles. The number of nitrogens with two attached hydrogens (primary N) is 1. The van der Waals surface area contributed by atoms with Crippen LogP contribution in [-0.2, 0) is 6.54 Å². The van der Waals surface area contributed by atoms with Crippen LogP contribution in [0.4, 0.5) is 0 Å². The monoisotopic (exact) mass is 348 g/mol. The standard InChI is InChI=1S/C17H15Cl2N3O/c1-11(14-8-7-13(18)9-15(14)19)20-10-16-21-17(22-23-16)12-5-3-2-4-6-12/h2-9,11,20H,10H2,1H3/p+1/t11-/m0/s1. The Kier molecular flexibility index (Phi) is 4.96. The normalized spacial score (nSPS) is 12.3. The Labute approximate surface area is 144 Å². The summed E-state index contributed by atoms with van der Waals surface area (Å²) in [4.78, 5) is 4.42. The van der Waals surface area contributed by atoms with Crippen LogP contribution in [0.25, 0.3) is 11.4 Å². The van der Waals surface area contributed by atoms with Gasteiger partial charge in [0, 0.05) is 16.1 Å². The number of rotatable bonds is 5. The van der Waals surface area contributed by atoms with E-state index in [1.807, 2.05) is 42.5 Å². The third-order valence-corrected chi connectivity index (χ3v) is 4.16. The maximum absolute atomic E-state index is 6.23. The third-order valence-electron chi connectivity index (χ3n) is 3.60. The Bertz CT molecular complexity index is 790. The predicted molar refractivity (Wildman–Crippen MR) is 90.2 cm³/mol. The highest BCUT2D eigenvalue weighted by atomic mass is 35.5. The Morgan fingerprint density at radius 2 is 1.91 bits per heavy atom. The molecule has 0 saturated carbocycles. The summed E-state index contributed by atoms with van der Waals surface area (Å²) in [6.45, 7) is 2.66. The predicted octanol–water partition coefficient (Wildman–Crippen LogP) is 3.87. The van der Waals surface area contributed by atoms with Crippen LogP contribution in [0.2, 0.25) is 10.0 Å². The van der Waals surface area contributed by atoms with Gasteiger partial charge in [-0.2, -0.15) is 4.98 Å². The van der Waals surface area contributed by atoms with Gasteiger partial charge in [0.2, 0.25) is 5.82 Å². The Hall–Kier alpha value is -1.88. The van der Waals surface area contributed by atoms with Gasteiger partial charge >= 0.3 is 0 Å². The van der Waals surface area contributed by atoms with Crippen LogP contribution in [0.1, 0.15) is 24.4 Å². The van der Waals surface area contributed by atoms with E-state index >= 15 is 0 Å². The van der Waals surface area contributed by atoms with Crippen molar-refractivity contribution in [1.82, 2.24) is 10.1 Å². The van der Waals surface area contributed by atoms with Crippen molar-refractivity contribution in [1.29, 1.82) is 0 Å². The van der Waals surface area contributed by atoms with Gasteiger partial charge in [0.25, 0.3) is 5.89 Å². The summed E-state index contributed by atoms with van der Waals surface area (Å²) in [6.07, 6.45) is 0. The van der Waals surface area contributed by atoms with Gasteiger partial charge in [-0.25, -0.2) is 0 Å². The van der Waals surface area contributed by atoms with Gasteiger partial charge in [0.05, 0.1) is 5.02 Å². The first kappa shape index (κ1) is 16.0. The minimum atomic E-state index is 0.159. The average molecular weight is 349 g/mol. The van der Waals surface area contributed by atoms with E-state index in [9.17, 15) is 0 Å². The van der Waals surface area contributed by atoms with Crippen LogP contribution in [0, 0.1) is 0 Å². The molecule has 0 spiro atoms. The lowest BCUT2D eigenvalue weighted by Gasteiger charge is -2.11. The van der Waals surface area contributed by atoms with Crippen molar-refractivity contribution in [2.24, 2.45) is 0 Å². The molecule has 118 valence electrons. The average Bonchev–Trinajstić information content (AvgIpc) is 3.02. The van der Waals surface area contributed by atoms with Gasteiger partial charge in [-0.05, 0) is 19.1 Å². The molecule has 0 unspecified atom stereocenters. The minimum absolute atomic E-state index is 0.159. The van der Waals surface area contributed by atoms with Gasteiger partial charge in [0.15, 0.2) is 6.54 Å². The number of quaternary nitrogens is 1. The fraction of sp³-hybridized carbons (Fsp3) is 0.176. The van der Waals surface area contributed by atoms with Gasteiger partial charge in [-0.15, -0.1) is 0 Å². The molecule has 3 rings (SSSR count). The second-order valence-corrected chi connectivity index (χ2v) is 6.12. The van der Waals surface area contributed by atoms with Gasteiger partial charge in [-0.1, -0.05) is 64.8 Å². The first-order valence-corrected chi connectivity index (χ1v) is 8.05. The lowest BCUT2D eigenvalue weighted by molar-refractivity contribution is -0.710. The molecule has 0 fully saturated rings. The van der Waals surface area contributed by atoms with Crippen molar-refractivity contribution in [2.45, 2.75) is 19.5 Å². The maximum atomic E-state index is 6.23. The molecule has 0 amide bonds. The van der Waals surface area contributed by atoms with Crippen molar-refractivity contribution < 1.29 is 9.84 Å². The smallest absolute Gasteiger partial charge is 0.282 e. The van der Waals surface area contributed by atoms with Crippen LogP contribution < -0.4 is 5.32 Å². The topological polar surface area (TPSA) is 55.5 Å². The van der Waals surface area contributed by atoms with Crippen LogP contribution in [-0.4, -0.2) is 10.1 Å². The van der Waals surface area contributed by atoms with Crippen LogP contribution in [0.3, 0.4) is 0 Å². The molecular weight excluding hydrogens is 333 g/mol. The van der Waals surface area contributed by atoms with Crippen molar-refractivity contribution in [3.63, 3.8) is 0 Å². The number of hydrogen-bond acceptors (Lipinski definition) is 3. The zero-order valence-electron chi connectivity index (χ0n) is 12.5. The van der Waals surface area contributed by atoms with Crippen molar-refractivity contribution >= 4 is 23.2 Å². The molecule has 1 heterocycles. The van der Waals surface area contributed by atoms with E-state index in [1.54, 1.807) is 6.07 Å². The molecule has 0 aliphatic carbocycles. The Morgan fingerprint density at radius 1 is 1.13 bits per heavy atom. The van der Waals surface area contributed by atoms with Crippen molar-refractivity contribution in [3.05, 3.63) is 70.0 Å². The van der Waals surface area contributed by atoms with Gasteiger partial charge in [0.1, 0.15) is 6.04 Å². The summed E-state index contributed by atoms with van der Waals surface area (Å²) in [7, 11) is 0.